The maximum absolute atomic E-state index is 14.2. The first-order valence-electron chi connectivity index (χ1n) is 11.4. The lowest BCUT2D eigenvalue weighted by Crippen LogP contribution is -2.35. The van der Waals surface area contributed by atoms with Gasteiger partial charge in [-0.2, -0.15) is 5.26 Å². The SMILES string of the molecule is Cc1cc(N2CC[C@@](C#N)(C3CC3)C2=O)cc(C(=O)NCc2cc(F)cc(-c3cn[n+](C)s3)c2)n1. The van der Waals surface area contributed by atoms with Gasteiger partial charge < -0.3 is 10.2 Å². The Morgan fingerprint density at radius 2 is 2.14 bits per heavy atom. The third-order valence-electron chi connectivity index (χ3n) is 6.58. The molecule has 35 heavy (non-hydrogen) atoms. The zero-order chi connectivity index (χ0) is 24.7. The quantitative estimate of drug-likeness (QED) is 0.534. The van der Waals surface area contributed by atoms with Crippen molar-refractivity contribution in [3.05, 3.63) is 59.3 Å². The fraction of sp³-hybridized carbons (Fsp3) is 0.360. The molecule has 10 heteroatoms. The fourth-order valence-electron chi connectivity index (χ4n) is 4.67. The summed E-state index contributed by atoms with van der Waals surface area (Å²) in [5, 5.41) is 16.7. The van der Waals surface area contributed by atoms with Gasteiger partial charge in [-0.25, -0.2) is 9.37 Å². The third-order valence-corrected chi connectivity index (χ3v) is 7.47. The van der Waals surface area contributed by atoms with Gasteiger partial charge in [0.25, 0.3) is 5.91 Å². The van der Waals surface area contributed by atoms with Crippen LogP contribution in [-0.2, 0) is 18.4 Å². The highest BCUT2D eigenvalue weighted by Crippen LogP contribution is 2.51. The van der Waals surface area contributed by atoms with Gasteiger partial charge in [0.05, 0.1) is 6.07 Å². The standard InChI is InChI=1S/C25H23FN6O2S/c1-15-7-20(32-6-5-25(14-27,24(32)34)18-3-4-18)11-21(30-15)23(33)28-12-16-8-17(10-19(26)9-16)22-13-29-31(2)35-22/h7-11,13,18H,3-6,12H2,1-2H3/p+1/t25-/m1/s1. The number of carbonyl (C=O) groups excluding carboxylic acids is 2. The monoisotopic (exact) mass is 491 g/mol. The number of nitrogens with one attached hydrogen (secondary N) is 1. The second-order valence-corrected chi connectivity index (χ2v) is 10.3. The minimum Gasteiger partial charge on any atom is -0.347 e. The predicted octanol–water partition coefficient (Wildman–Crippen LogP) is 3.06. The second-order valence-electron chi connectivity index (χ2n) is 9.11. The van der Waals surface area contributed by atoms with Crippen molar-refractivity contribution in [3.8, 4) is 16.5 Å². The molecule has 1 aromatic carbocycles. The van der Waals surface area contributed by atoms with Gasteiger partial charge in [0.1, 0.15) is 28.0 Å². The summed E-state index contributed by atoms with van der Waals surface area (Å²) < 4.78 is 15.9. The Bertz CT molecular complexity index is 1380. The molecule has 2 amide bonds. The number of pyridine rings is 1. The number of benzene rings is 1. The van der Waals surface area contributed by atoms with Crippen molar-refractivity contribution in [2.75, 3.05) is 11.4 Å². The van der Waals surface area contributed by atoms with E-state index in [9.17, 15) is 19.2 Å². The molecule has 0 spiro atoms. The number of rotatable bonds is 6. The summed E-state index contributed by atoms with van der Waals surface area (Å²) in [6.07, 6.45) is 3.97. The van der Waals surface area contributed by atoms with Crippen LogP contribution in [0.4, 0.5) is 10.1 Å². The molecule has 2 aromatic heterocycles. The van der Waals surface area contributed by atoms with Crippen LogP contribution in [0.15, 0.2) is 36.5 Å². The summed E-state index contributed by atoms with van der Waals surface area (Å²) in [7, 11) is 1.81. The molecule has 1 aliphatic heterocycles. The minimum absolute atomic E-state index is 0.112. The van der Waals surface area contributed by atoms with E-state index in [0.717, 1.165) is 17.7 Å². The van der Waals surface area contributed by atoms with Crippen molar-refractivity contribution < 1.29 is 18.1 Å². The summed E-state index contributed by atoms with van der Waals surface area (Å²) in [6.45, 7) is 2.31. The Labute approximate surface area is 206 Å². The number of carbonyl (C=O) groups is 2. The Kier molecular flexibility index (Phi) is 5.81. The number of amides is 2. The van der Waals surface area contributed by atoms with Crippen molar-refractivity contribution in [2.24, 2.45) is 18.4 Å². The molecular formula is C25H24FN6O2S+. The molecule has 5 rings (SSSR count). The van der Waals surface area contributed by atoms with Gasteiger partial charge in [0, 0.05) is 35.1 Å². The van der Waals surface area contributed by atoms with Crippen LogP contribution in [0, 0.1) is 35.4 Å². The highest BCUT2D eigenvalue weighted by atomic mass is 32.1. The smallest absolute Gasteiger partial charge is 0.270 e. The average Bonchev–Trinajstić information content (AvgIpc) is 3.50. The van der Waals surface area contributed by atoms with Gasteiger partial charge >= 0.3 is 0 Å². The van der Waals surface area contributed by atoms with E-state index in [0.29, 0.717) is 35.5 Å². The highest BCUT2D eigenvalue weighted by molar-refractivity contribution is 7.05. The number of aryl methyl sites for hydroxylation is 2. The second kappa shape index (κ2) is 8.82. The highest BCUT2D eigenvalue weighted by Gasteiger charge is 2.56. The Balaban J connectivity index is 1.33. The van der Waals surface area contributed by atoms with Gasteiger partial charge in [-0.15, -0.1) is 0 Å². The maximum atomic E-state index is 14.2. The summed E-state index contributed by atoms with van der Waals surface area (Å²) in [6, 6.07) is 10.2. The predicted molar refractivity (Wildman–Crippen MR) is 127 cm³/mol. The molecule has 1 atom stereocenters. The van der Waals surface area contributed by atoms with E-state index in [1.165, 1.54) is 23.7 Å². The van der Waals surface area contributed by atoms with Crippen molar-refractivity contribution >= 4 is 29.0 Å². The first-order valence-corrected chi connectivity index (χ1v) is 12.2. The first kappa shape index (κ1) is 23.1. The molecule has 0 bridgehead atoms. The Hall–Kier alpha value is -3.71. The minimum atomic E-state index is -0.955. The molecule has 8 nitrogen and oxygen atoms in total. The van der Waals surface area contributed by atoms with Crippen LogP contribution in [0.2, 0.25) is 0 Å². The lowest BCUT2D eigenvalue weighted by Gasteiger charge is -2.21. The first-order chi connectivity index (χ1) is 16.8. The Morgan fingerprint density at radius 1 is 1.34 bits per heavy atom. The molecule has 0 unspecified atom stereocenters. The number of aromatic nitrogens is 3. The van der Waals surface area contributed by atoms with E-state index >= 15 is 0 Å². The van der Waals surface area contributed by atoms with Gasteiger partial charge in [-0.3, -0.25) is 9.59 Å². The van der Waals surface area contributed by atoms with Crippen molar-refractivity contribution in [1.29, 1.82) is 5.26 Å². The molecule has 2 fully saturated rings. The van der Waals surface area contributed by atoms with Crippen LogP contribution in [-0.4, -0.2) is 28.4 Å². The lowest BCUT2D eigenvalue weighted by molar-refractivity contribution is -0.663. The van der Waals surface area contributed by atoms with Gasteiger partial charge in [-0.05, 0) is 72.1 Å². The van der Waals surface area contributed by atoms with Crippen LogP contribution in [0.5, 0.6) is 0 Å². The molecule has 1 saturated heterocycles. The summed E-state index contributed by atoms with van der Waals surface area (Å²) >= 11 is 1.39. The van der Waals surface area contributed by atoms with E-state index in [-0.39, 0.29) is 24.1 Å². The molecule has 3 aromatic rings. The zero-order valence-corrected chi connectivity index (χ0v) is 20.2. The van der Waals surface area contributed by atoms with Gasteiger partial charge in [0.15, 0.2) is 18.6 Å². The molecule has 178 valence electrons. The molecule has 0 radical (unpaired) electrons. The van der Waals surface area contributed by atoms with Crippen molar-refractivity contribution in [3.63, 3.8) is 0 Å². The van der Waals surface area contributed by atoms with Crippen LogP contribution >= 0.6 is 11.5 Å². The molecule has 1 saturated carbocycles. The van der Waals surface area contributed by atoms with E-state index in [2.05, 4.69) is 21.5 Å². The number of halogens is 1. The Morgan fingerprint density at radius 3 is 2.83 bits per heavy atom. The lowest BCUT2D eigenvalue weighted by atomic mass is 9.83. The fourth-order valence-corrected chi connectivity index (χ4v) is 5.37. The third kappa shape index (κ3) is 4.39. The maximum Gasteiger partial charge on any atom is 0.270 e. The summed E-state index contributed by atoms with van der Waals surface area (Å²) in [5.74, 6) is -0.893. The van der Waals surface area contributed by atoms with Crippen LogP contribution < -0.4 is 14.3 Å². The molecule has 3 heterocycles. The van der Waals surface area contributed by atoms with E-state index in [4.69, 9.17) is 0 Å². The van der Waals surface area contributed by atoms with Crippen LogP contribution in [0.1, 0.15) is 41.0 Å². The van der Waals surface area contributed by atoms with Crippen molar-refractivity contribution in [2.45, 2.75) is 32.7 Å². The average molecular weight is 492 g/mol. The molecule has 2 aliphatic rings. The molecule has 1 N–H and O–H groups in total. The summed E-state index contributed by atoms with van der Waals surface area (Å²) in [4.78, 5) is 32.8. The van der Waals surface area contributed by atoms with Gasteiger partial charge in [-0.1, -0.05) is 0 Å². The molecule has 1 aliphatic carbocycles. The molecular weight excluding hydrogens is 467 g/mol. The number of anilines is 1. The number of hydrogen-bond acceptors (Lipinski definition) is 6. The van der Waals surface area contributed by atoms with Crippen molar-refractivity contribution in [1.82, 2.24) is 15.4 Å². The normalized spacial score (nSPS) is 19.6. The van der Waals surface area contributed by atoms with E-state index < -0.39 is 17.1 Å². The zero-order valence-electron chi connectivity index (χ0n) is 19.4. The number of nitrogens with zero attached hydrogens (tertiary/aromatic N) is 5. The van der Waals surface area contributed by atoms with Gasteiger partial charge in [0.2, 0.25) is 5.91 Å². The number of nitriles is 1. The topological polar surface area (TPSA) is 103 Å². The van der Waals surface area contributed by atoms with E-state index in [1.54, 1.807) is 41.3 Å². The van der Waals surface area contributed by atoms with Crippen LogP contribution in [0.25, 0.3) is 10.4 Å². The number of hydrogen-bond donors (Lipinski definition) is 1. The van der Waals surface area contributed by atoms with E-state index in [1.807, 2.05) is 6.07 Å². The summed E-state index contributed by atoms with van der Waals surface area (Å²) in [5.41, 5.74) is 1.66. The largest absolute Gasteiger partial charge is 0.347 e. The van der Waals surface area contributed by atoms with Crippen LogP contribution in [0.3, 0.4) is 0 Å².